The molecule has 4 saturated carbocycles. The van der Waals surface area contributed by atoms with Gasteiger partial charge in [0.25, 0.3) is 0 Å². The first-order valence-electron chi connectivity index (χ1n) is 12.8. The summed E-state index contributed by atoms with van der Waals surface area (Å²) < 4.78 is 13.7. The second-order valence-corrected chi connectivity index (χ2v) is 12.2. The minimum absolute atomic E-state index is 0.312. The Labute approximate surface area is 200 Å². The average Bonchev–Trinajstić information content (AvgIpc) is 3.34. The summed E-state index contributed by atoms with van der Waals surface area (Å²) in [6, 6.07) is 8.87. The Kier molecular flexibility index (Phi) is 4.78. The number of likely N-dealkylation sites (tertiary alicyclic amines) is 1. The third kappa shape index (κ3) is 3.58. The van der Waals surface area contributed by atoms with E-state index in [1.807, 2.05) is 12.1 Å². The Hall–Kier alpha value is -1.72. The fourth-order valence-electron chi connectivity index (χ4n) is 8.74. The molecule has 6 heteroatoms. The summed E-state index contributed by atoms with van der Waals surface area (Å²) in [6.07, 6.45) is 10.3. The largest absolute Gasteiger partial charge is 0.351 e. The van der Waals surface area contributed by atoms with Crippen LogP contribution in [-0.2, 0) is 0 Å². The molecule has 2 aliphatic heterocycles. The summed E-state index contributed by atoms with van der Waals surface area (Å²) in [5, 5.41) is 9.47. The van der Waals surface area contributed by atoms with Crippen molar-refractivity contribution in [2.45, 2.75) is 51.0 Å². The van der Waals surface area contributed by atoms with Gasteiger partial charge in [-0.15, -0.1) is 10.2 Å². The summed E-state index contributed by atoms with van der Waals surface area (Å²) in [5.41, 5.74) is 1.83. The van der Waals surface area contributed by atoms with Gasteiger partial charge in [0.05, 0.1) is 10.7 Å². The molecule has 3 heterocycles. The van der Waals surface area contributed by atoms with Crippen molar-refractivity contribution in [2.75, 3.05) is 31.1 Å². The van der Waals surface area contributed by atoms with Gasteiger partial charge in [0.1, 0.15) is 5.82 Å². The molecule has 33 heavy (non-hydrogen) atoms. The van der Waals surface area contributed by atoms with Crippen molar-refractivity contribution in [3.05, 3.63) is 41.2 Å². The number of aromatic nitrogens is 2. The molecular formula is C27H32ClFN4. The fourth-order valence-corrected chi connectivity index (χ4v) is 8.95. The molecule has 2 atom stereocenters. The molecule has 8 rings (SSSR count). The van der Waals surface area contributed by atoms with Crippen LogP contribution in [0.15, 0.2) is 30.3 Å². The Morgan fingerprint density at radius 2 is 1.73 bits per heavy atom. The van der Waals surface area contributed by atoms with Gasteiger partial charge < -0.3 is 9.80 Å². The summed E-state index contributed by atoms with van der Waals surface area (Å²) in [6.45, 7) is 4.77. The molecule has 1 aromatic carbocycles. The van der Waals surface area contributed by atoms with Crippen LogP contribution in [0.5, 0.6) is 0 Å². The van der Waals surface area contributed by atoms with E-state index in [2.05, 4.69) is 20.0 Å². The third-order valence-corrected chi connectivity index (χ3v) is 9.83. The average molecular weight is 467 g/mol. The Morgan fingerprint density at radius 1 is 0.970 bits per heavy atom. The van der Waals surface area contributed by atoms with Crippen LogP contribution in [-0.4, -0.2) is 47.3 Å². The van der Waals surface area contributed by atoms with Gasteiger partial charge >= 0.3 is 0 Å². The molecule has 4 bridgehead atoms. The van der Waals surface area contributed by atoms with Crippen LogP contribution in [0.3, 0.4) is 0 Å². The van der Waals surface area contributed by atoms with Crippen molar-refractivity contribution >= 4 is 17.4 Å². The molecule has 6 aliphatic rings. The van der Waals surface area contributed by atoms with Gasteiger partial charge in [0.15, 0.2) is 5.82 Å². The van der Waals surface area contributed by atoms with Gasteiger partial charge in [-0.25, -0.2) is 4.39 Å². The second kappa shape index (κ2) is 7.64. The highest BCUT2D eigenvalue weighted by Crippen LogP contribution is 2.60. The van der Waals surface area contributed by atoms with E-state index in [4.69, 9.17) is 11.6 Å². The zero-order chi connectivity index (χ0) is 22.2. The summed E-state index contributed by atoms with van der Waals surface area (Å²) in [4.78, 5) is 5.26. The molecule has 0 radical (unpaired) electrons. The maximum Gasteiger partial charge on any atom is 0.151 e. The van der Waals surface area contributed by atoms with Gasteiger partial charge in [-0.05, 0) is 104 Å². The number of anilines is 1. The first kappa shape index (κ1) is 20.6. The van der Waals surface area contributed by atoms with Gasteiger partial charge in [-0.2, -0.15) is 0 Å². The smallest absolute Gasteiger partial charge is 0.151 e. The minimum atomic E-state index is -0.312. The van der Waals surface area contributed by atoms with Crippen LogP contribution in [0.2, 0.25) is 5.02 Å². The maximum atomic E-state index is 13.7. The highest BCUT2D eigenvalue weighted by atomic mass is 35.5. The van der Waals surface area contributed by atoms with Crippen LogP contribution < -0.4 is 4.90 Å². The molecule has 2 saturated heterocycles. The fraction of sp³-hybridized carbons (Fsp3) is 0.630. The topological polar surface area (TPSA) is 32.3 Å². The van der Waals surface area contributed by atoms with E-state index in [1.165, 1.54) is 70.2 Å². The van der Waals surface area contributed by atoms with Gasteiger partial charge in [-0.3, -0.25) is 0 Å². The molecule has 4 nitrogen and oxygen atoms in total. The Bertz CT molecular complexity index is 1020. The predicted molar refractivity (Wildman–Crippen MR) is 129 cm³/mol. The summed E-state index contributed by atoms with van der Waals surface area (Å²) in [5.74, 6) is 4.43. The zero-order valence-corrected chi connectivity index (χ0v) is 19.9. The van der Waals surface area contributed by atoms with E-state index < -0.39 is 0 Å². The van der Waals surface area contributed by atoms with E-state index in [0.717, 1.165) is 42.6 Å². The molecule has 0 amide bonds. The SMILES string of the molecule is Fc1ccc(Cl)c(-c2ccc(N3CCC4CN(CC56CC7CC(CC(C7)C5)C6)CC43)nn2)c1. The van der Waals surface area contributed by atoms with Crippen molar-refractivity contribution in [1.29, 1.82) is 0 Å². The van der Waals surface area contributed by atoms with Gasteiger partial charge in [0, 0.05) is 37.8 Å². The lowest BCUT2D eigenvalue weighted by molar-refractivity contribution is -0.0670. The molecule has 174 valence electrons. The van der Waals surface area contributed by atoms with Crippen LogP contribution in [0.4, 0.5) is 10.2 Å². The predicted octanol–water partition coefficient (Wildman–Crippen LogP) is 5.66. The van der Waals surface area contributed by atoms with Crippen LogP contribution in [0.25, 0.3) is 11.3 Å². The summed E-state index contributed by atoms with van der Waals surface area (Å²) >= 11 is 6.26. The van der Waals surface area contributed by atoms with E-state index in [0.29, 0.717) is 27.7 Å². The second-order valence-electron chi connectivity index (χ2n) is 11.8. The number of fused-ring (bicyclic) bond motifs is 1. The zero-order valence-electron chi connectivity index (χ0n) is 19.1. The van der Waals surface area contributed by atoms with Gasteiger partial charge in [-0.1, -0.05) is 11.6 Å². The highest BCUT2D eigenvalue weighted by Gasteiger charge is 2.52. The van der Waals surface area contributed by atoms with Crippen molar-refractivity contribution in [1.82, 2.24) is 15.1 Å². The normalized spacial score (nSPS) is 37.2. The van der Waals surface area contributed by atoms with Crippen molar-refractivity contribution in [3.63, 3.8) is 0 Å². The molecule has 4 aliphatic carbocycles. The monoisotopic (exact) mass is 466 g/mol. The number of nitrogens with zero attached hydrogens (tertiary/aromatic N) is 4. The van der Waals surface area contributed by atoms with E-state index in [1.54, 1.807) is 6.07 Å². The van der Waals surface area contributed by atoms with E-state index in [-0.39, 0.29) is 5.82 Å². The van der Waals surface area contributed by atoms with Crippen molar-refractivity contribution in [2.24, 2.45) is 29.1 Å². The third-order valence-electron chi connectivity index (χ3n) is 9.50. The standard InChI is InChI=1S/C27H32ClFN4/c28-23-2-1-21(29)10-22(23)24-3-4-26(31-30-24)33-6-5-20-14-32(15-25(20)33)16-27-11-17-7-18(12-27)9-19(8-17)13-27/h1-4,10,17-20,25H,5-9,11-16H2. The van der Waals surface area contributed by atoms with Crippen molar-refractivity contribution < 1.29 is 4.39 Å². The summed E-state index contributed by atoms with van der Waals surface area (Å²) in [7, 11) is 0. The lowest BCUT2D eigenvalue weighted by atomic mass is 9.49. The van der Waals surface area contributed by atoms with Crippen LogP contribution in [0.1, 0.15) is 44.9 Å². The molecule has 2 unspecified atom stereocenters. The first-order chi connectivity index (χ1) is 16.0. The Balaban J connectivity index is 1.06. The lowest BCUT2D eigenvalue weighted by Crippen LogP contribution is -2.51. The maximum absolute atomic E-state index is 13.7. The molecular weight excluding hydrogens is 435 g/mol. The van der Waals surface area contributed by atoms with E-state index >= 15 is 0 Å². The highest BCUT2D eigenvalue weighted by molar-refractivity contribution is 6.33. The molecule has 0 N–H and O–H groups in total. The number of rotatable bonds is 4. The van der Waals surface area contributed by atoms with E-state index in [9.17, 15) is 4.39 Å². The lowest BCUT2D eigenvalue weighted by Gasteiger charge is -2.57. The van der Waals surface area contributed by atoms with Crippen LogP contribution >= 0.6 is 11.6 Å². The number of halogens is 2. The first-order valence-corrected chi connectivity index (χ1v) is 13.2. The van der Waals surface area contributed by atoms with Gasteiger partial charge in [0.2, 0.25) is 0 Å². The molecule has 2 aromatic rings. The molecule has 0 spiro atoms. The molecule has 1 aromatic heterocycles. The number of hydrogen-bond acceptors (Lipinski definition) is 4. The quantitative estimate of drug-likeness (QED) is 0.581. The van der Waals surface area contributed by atoms with Crippen molar-refractivity contribution in [3.8, 4) is 11.3 Å². The molecule has 6 fully saturated rings. The number of benzene rings is 1. The van der Waals surface area contributed by atoms with Crippen LogP contribution in [0, 0.1) is 34.9 Å². The number of hydrogen-bond donors (Lipinski definition) is 0. The minimum Gasteiger partial charge on any atom is -0.351 e. The Morgan fingerprint density at radius 3 is 2.42 bits per heavy atom.